The predicted octanol–water partition coefficient (Wildman–Crippen LogP) is 3.38. The molecule has 0 aromatic carbocycles. The van der Waals surface area contributed by atoms with Gasteiger partial charge in [-0.05, 0) is 63.7 Å². The molecule has 3 heteroatoms. The fraction of sp³-hybridized carbons (Fsp3) is 0.875. The van der Waals surface area contributed by atoms with Crippen LogP contribution in [-0.4, -0.2) is 36.3 Å². The maximum atomic E-state index is 6.11. The molecule has 1 spiro atoms. The molecule has 2 nitrogen and oxygen atoms in total. The fourth-order valence-corrected chi connectivity index (χ4v) is 4.70. The van der Waals surface area contributed by atoms with Gasteiger partial charge < -0.3 is 10.1 Å². The first kappa shape index (κ1) is 14.0. The number of thioether (sulfide) groups is 1. The van der Waals surface area contributed by atoms with Crippen molar-refractivity contribution in [3.63, 3.8) is 0 Å². The van der Waals surface area contributed by atoms with Crippen LogP contribution in [0, 0.1) is 5.92 Å². The number of hydrogen-bond acceptors (Lipinski definition) is 3. The molecule has 2 heterocycles. The molecular weight excluding hydrogens is 254 g/mol. The monoisotopic (exact) mass is 281 g/mol. The molecular formula is C16H27NOS. The molecule has 3 rings (SSSR count). The normalized spacial score (nSPS) is 36.1. The van der Waals surface area contributed by atoms with Crippen LogP contribution in [0.15, 0.2) is 11.6 Å². The molecule has 0 amide bonds. The Morgan fingerprint density at radius 2 is 2.32 bits per heavy atom. The van der Waals surface area contributed by atoms with Crippen LogP contribution in [0.2, 0.25) is 0 Å². The summed E-state index contributed by atoms with van der Waals surface area (Å²) in [6.45, 7) is 4.46. The standard InChI is InChI=1S/C16H27NOS/c1-13(3-2-8-17-15-4-5-15)14-6-9-18-16(11-14)7-10-19-12-16/h3,14-15,17H,2,4-12H2,1H3. The maximum Gasteiger partial charge on any atom is 0.0786 e. The zero-order valence-electron chi connectivity index (χ0n) is 12.1. The molecule has 19 heavy (non-hydrogen) atoms. The van der Waals surface area contributed by atoms with E-state index in [1.54, 1.807) is 5.57 Å². The molecule has 1 saturated carbocycles. The number of hydrogen-bond donors (Lipinski definition) is 1. The van der Waals surface area contributed by atoms with E-state index in [4.69, 9.17) is 4.74 Å². The van der Waals surface area contributed by atoms with E-state index in [1.165, 1.54) is 50.0 Å². The summed E-state index contributed by atoms with van der Waals surface area (Å²) in [5.74, 6) is 3.29. The van der Waals surface area contributed by atoms with Crippen molar-refractivity contribution in [2.24, 2.45) is 5.92 Å². The summed E-state index contributed by atoms with van der Waals surface area (Å²) < 4.78 is 6.11. The largest absolute Gasteiger partial charge is 0.374 e. The average Bonchev–Trinajstić information content (AvgIpc) is 3.16. The zero-order chi connectivity index (χ0) is 13.1. The number of rotatable bonds is 5. The van der Waals surface area contributed by atoms with E-state index in [2.05, 4.69) is 30.1 Å². The molecule has 3 aliphatic rings. The second kappa shape index (κ2) is 6.19. The molecule has 2 saturated heterocycles. The van der Waals surface area contributed by atoms with E-state index in [9.17, 15) is 0 Å². The van der Waals surface area contributed by atoms with E-state index in [0.717, 1.165) is 25.1 Å². The Kier molecular flexibility index (Phi) is 4.55. The molecule has 0 aromatic rings. The lowest BCUT2D eigenvalue weighted by Crippen LogP contribution is -2.40. The van der Waals surface area contributed by atoms with E-state index < -0.39 is 0 Å². The summed E-state index contributed by atoms with van der Waals surface area (Å²) in [5.41, 5.74) is 1.84. The molecule has 3 fully saturated rings. The molecule has 1 N–H and O–H groups in total. The first-order valence-electron chi connectivity index (χ1n) is 7.89. The number of nitrogens with one attached hydrogen (secondary N) is 1. The van der Waals surface area contributed by atoms with Crippen molar-refractivity contribution < 1.29 is 4.74 Å². The fourth-order valence-electron chi connectivity index (χ4n) is 3.32. The van der Waals surface area contributed by atoms with Gasteiger partial charge >= 0.3 is 0 Å². The van der Waals surface area contributed by atoms with Crippen LogP contribution < -0.4 is 5.32 Å². The first-order valence-corrected chi connectivity index (χ1v) is 9.05. The molecule has 108 valence electrons. The van der Waals surface area contributed by atoms with Gasteiger partial charge in [0, 0.05) is 18.4 Å². The van der Waals surface area contributed by atoms with Crippen LogP contribution in [0.3, 0.4) is 0 Å². The Labute approximate surface area is 121 Å². The summed E-state index contributed by atoms with van der Waals surface area (Å²) in [4.78, 5) is 0. The van der Waals surface area contributed by atoms with Crippen LogP contribution in [0.25, 0.3) is 0 Å². The van der Waals surface area contributed by atoms with Crippen LogP contribution in [0.4, 0.5) is 0 Å². The lowest BCUT2D eigenvalue weighted by atomic mass is 9.81. The van der Waals surface area contributed by atoms with Crippen molar-refractivity contribution in [3.8, 4) is 0 Å². The van der Waals surface area contributed by atoms with E-state index in [-0.39, 0.29) is 5.60 Å². The number of allylic oxidation sites excluding steroid dienone is 1. The molecule has 2 atom stereocenters. The van der Waals surface area contributed by atoms with Gasteiger partial charge in [-0.1, -0.05) is 11.6 Å². The first-order chi connectivity index (χ1) is 9.27. The minimum Gasteiger partial charge on any atom is -0.374 e. The molecule has 2 unspecified atom stereocenters. The van der Waals surface area contributed by atoms with Gasteiger partial charge in [0.05, 0.1) is 5.60 Å². The molecule has 0 radical (unpaired) electrons. The Morgan fingerprint density at radius 3 is 3.05 bits per heavy atom. The maximum absolute atomic E-state index is 6.11. The summed E-state index contributed by atoms with van der Waals surface area (Å²) >= 11 is 2.07. The second-order valence-corrected chi connectivity index (χ2v) is 7.59. The lowest BCUT2D eigenvalue weighted by molar-refractivity contribution is -0.0734. The summed E-state index contributed by atoms with van der Waals surface area (Å²) in [6, 6.07) is 0.843. The zero-order valence-corrected chi connectivity index (χ0v) is 12.9. The van der Waals surface area contributed by atoms with E-state index >= 15 is 0 Å². The Hall–Kier alpha value is 0.0100. The summed E-state index contributed by atoms with van der Waals surface area (Å²) in [5, 5.41) is 3.59. The van der Waals surface area contributed by atoms with Gasteiger partial charge in [0.2, 0.25) is 0 Å². The van der Waals surface area contributed by atoms with E-state index in [0.29, 0.717) is 0 Å². The average molecular weight is 281 g/mol. The highest BCUT2D eigenvalue weighted by atomic mass is 32.2. The number of ether oxygens (including phenoxy) is 1. The van der Waals surface area contributed by atoms with Gasteiger partial charge in [-0.15, -0.1) is 0 Å². The summed E-state index contributed by atoms with van der Waals surface area (Å²) in [7, 11) is 0. The summed E-state index contributed by atoms with van der Waals surface area (Å²) in [6.07, 6.45) is 10.2. The molecule has 0 aromatic heterocycles. The van der Waals surface area contributed by atoms with Crippen molar-refractivity contribution in [3.05, 3.63) is 11.6 Å². The van der Waals surface area contributed by atoms with Crippen LogP contribution in [-0.2, 0) is 4.74 Å². The molecule has 1 aliphatic carbocycles. The third-order valence-electron chi connectivity index (χ3n) is 4.83. The predicted molar refractivity (Wildman–Crippen MR) is 82.7 cm³/mol. The molecule has 0 bridgehead atoms. The highest BCUT2D eigenvalue weighted by Crippen LogP contribution is 2.42. The van der Waals surface area contributed by atoms with Gasteiger partial charge in [0.25, 0.3) is 0 Å². The Morgan fingerprint density at radius 1 is 1.42 bits per heavy atom. The minimum atomic E-state index is 0.231. The lowest BCUT2D eigenvalue weighted by Gasteiger charge is -2.38. The minimum absolute atomic E-state index is 0.231. The van der Waals surface area contributed by atoms with Crippen molar-refractivity contribution in [2.75, 3.05) is 24.7 Å². The van der Waals surface area contributed by atoms with Crippen molar-refractivity contribution in [1.29, 1.82) is 0 Å². The van der Waals surface area contributed by atoms with Gasteiger partial charge in [-0.25, -0.2) is 0 Å². The highest BCUT2D eigenvalue weighted by molar-refractivity contribution is 7.99. The SMILES string of the molecule is CC(=CCCNC1CC1)C1CCOC2(CCSC2)C1. The topological polar surface area (TPSA) is 21.3 Å². The van der Waals surface area contributed by atoms with Gasteiger partial charge in [0.15, 0.2) is 0 Å². The van der Waals surface area contributed by atoms with E-state index in [1.807, 2.05) is 0 Å². The highest BCUT2D eigenvalue weighted by Gasteiger charge is 2.40. The van der Waals surface area contributed by atoms with Crippen molar-refractivity contribution in [2.45, 2.75) is 57.1 Å². The van der Waals surface area contributed by atoms with Crippen molar-refractivity contribution in [1.82, 2.24) is 5.32 Å². The van der Waals surface area contributed by atoms with Gasteiger partial charge in [-0.2, -0.15) is 11.8 Å². The van der Waals surface area contributed by atoms with Gasteiger partial charge in [-0.3, -0.25) is 0 Å². The molecule has 2 aliphatic heterocycles. The Bertz CT molecular complexity index is 332. The Balaban J connectivity index is 1.47. The third kappa shape index (κ3) is 3.77. The van der Waals surface area contributed by atoms with Gasteiger partial charge in [0.1, 0.15) is 0 Å². The quantitative estimate of drug-likeness (QED) is 0.616. The van der Waals surface area contributed by atoms with Crippen LogP contribution in [0.1, 0.15) is 45.4 Å². The van der Waals surface area contributed by atoms with Crippen LogP contribution in [0.5, 0.6) is 0 Å². The smallest absolute Gasteiger partial charge is 0.0786 e. The van der Waals surface area contributed by atoms with Crippen LogP contribution >= 0.6 is 11.8 Å². The third-order valence-corrected chi connectivity index (χ3v) is 6.05. The second-order valence-electron chi connectivity index (χ2n) is 6.49. The van der Waals surface area contributed by atoms with Crippen molar-refractivity contribution >= 4 is 11.8 Å².